The third kappa shape index (κ3) is 4.08. The van der Waals surface area contributed by atoms with Gasteiger partial charge in [0.25, 0.3) is 0 Å². The minimum atomic E-state index is -0.703. The molecule has 0 saturated carbocycles. The summed E-state index contributed by atoms with van der Waals surface area (Å²) in [4.78, 5) is 10.4. The Bertz CT molecular complexity index is 280. The molecule has 76 valence electrons. The van der Waals surface area contributed by atoms with Gasteiger partial charge in [-0.3, -0.25) is 4.79 Å². The molecule has 0 heterocycles. The molecule has 0 aliphatic carbocycles. The summed E-state index contributed by atoms with van der Waals surface area (Å²) in [5.74, 6) is -0.446. The summed E-state index contributed by atoms with van der Waals surface area (Å²) in [6.45, 7) is 1.98. The minimum Gasteiger partial charge on any atom is -0.481 e. The molecular weight excluding hydrogens is 176 g/mol. The van der Waals surface area contributed by atoms with Crippen LogP contribution < -0.4 is 0 Å². The van der Waals surface area contributed by atoms with Crippen molar-refractivity contribution in [2.45, 2.75) is 26.2 Å². The van der Waals surface area contributed by atoms with Gasteiger partial charge in [0.05, 0.1) is 0 Å². The number of carbonyl (C=O) groups is 1. The van der Waals surface area contributed by atoms with E-state index in [2.05, 4.69) is 12.1 Å². The smallest absolute Gasteiger partial charge is 0.303 e. The first-order valence-electron chi connectivity index (χ1n) is 4.94. The van der Waals surface area contributed by atoms with Crippen LogP contribution in [0.25, 0.3) is 0 Å². The summed E-state index contributed by atoms with van der Waals surface area (Å²) >= 11 is 0. The van der Waals surface area contributed by atoms with E-state index in [0.29, 0.717) is 0 Å². The van der Waals surface area contributed by atoms with Gasteiger partial charge in [0.1, 0.15) is 0 Å². The lowest BCUT2D eigenvalue weighted by Gasteiger charge is -2.07. The molecule has 0 amide bonds. The summed E-state index contributed by atoms with van der Waals surface area (Å²) < 4.78 is 0. The summed E-state index contributed by atoms with van der Waals surface area (Å²) in [6, 6.07) is 10.2. The predicted molar refractivity (Wildman–Crippen MR) is 56.2 cm³/mol. The molecule has 1 aromatic carbocycles. The van der Waals surface area contributed by atoms with Gasteiger partial charge in [0.2, 0.25) is 0 Å². The Labute approximate surface area is 84.6 Å². The van der Waals surface area contributed by atoms with Crippen molar-refractivity contribution in [3.63, 3.8) is 0 Å². The van der Waals surface area contributed by atoms with Gasteiger partial charge in [0.15, 0.2) is 0 Å². The molecule has 0 aliphatic heterocycles. The van der Waals surface area contributed by atoms with Gasteiger partial charge in [-0.05, 0) is 24.3 Å². The number of hydrogen-bond donors (Lipinski definition) is 1. The molecular formula is C12H16O2. The lowest BCUT2D eigenvalue weighted by atomic mass is 9.98. The summed E-state index contributed by atoms with van der Waals surface area (Å²) in [6.07, 6.45) is 2.18. The Morgan fingerprint density at radius 3 is 2.57 bits per heavy atom. The quantitative estimate of drug-likeness (QED) is 0.778. The molecule has 0 aromatic heterocycles. The molecule has 0 aliphatic rings. The van der Waals surface area contributed by atoms with Crippen molar-refractivity contribution in [1.82, 2.24) is 0 Å². The second-order valence-electron chi connectivity index (χ2n) is 3.73. The third-order valence-electron chi connectivity index (χ3n) is 2.29. The van der Waals surface area contributed by atoms with Crippen LogP contribution in [0.2, 0.25) is 0 Å². The molecule has 0 saturated heterocycles. The van der Waals surface area contributed by atoms with Crippen molar-refractivity contribution < 1.29 is 9.90 Å². The Balaban J connectivity index is 2.30. The number of benzene rings is 1. The molecule has 0 bridgehead atoms. The topological polar surface area (TPSA) is 37.3 Å². The van der Waals surface area contributed by atoms with Crippen LogP contribution >= 0.6 is 0 Å². The summed E-state index contributed by atoms with van der Waals surface area (Å²) in [5.41, 5.74) is 1.28. The normalized spacial score (nSPS) is 12.4. The molecule has 14 heavy (non-hydrogen) atoms. The van der Waals surface area contributed by atoms with E-state index >= 15 is 0 Å². The monoisotopic (exact) mass is 192 g/mol. The number of hydrogen-bond acceptors (Lipinski definition) is 1. The van der Waals surface area contributed by atoms with Crippen LogP contribution in [0.1, 0.15) is 25.3 Å². The first kappa shape index (κ1) is 10.8. The van der Waals surface area contributed by atoms with Crippen LogP contribution in [0, 0.1) is 5.92 Å². The van der Waals surface area contributed by atoms with E-state index in [1.807, 2.05) is 25.1 Å². The highest BCUT2D eigenvalue weighted by atomic mass is 16.4. The Morgan fingerprint density at radius 1 is 1.36 bits per heavy atom. The lowest BCUT2D eigenvalue weighted by molar-refractivity contribution is -0.138. The number of rotatable bonds is 5. The van der Waals surface area contributed by atoms with Gasteiger partial charge in [-0.2, -0.15) is 0 Å². The SMILES string of the molecule is CC(CCc1ccccc1)CC(=O)O. The maximum absolute atomic E-state index is 10.4. The first-order chi connectivity index (χ1) is 6.68. The van der Waals surface area contributed by atoms with Crippen molar-refractivity contribution in [2.24, 2.45) is 5.92 Å². The van der Waals surface area contributed by atoms with Gasteiger partial charge >= 0.3 is 5.97 Å². The van der Waals surface area contributed by atoms with Gasteiger partial charge in [-0.25, -0.2) is 0 Å². The van der Waals surface area contributed by atoms with Crippen LogP contribution in [0.15, 0.2) is 30.3 Å². The predicted octanol–water partition coefficient (Wildman–Crippen LogP) is 2.73. The van der Waals surface area contributed by atoms with E-state index in [0.717, 1.165) is 12.8 Å². The van der Waals surface area contributed by atoms with E-state index < -0.39 is 5.97 Å². The first-order valence-corrected chi connectivity index (χ1v) is 4.94. The number of aliphatic carboxylic acids is 1. The Morgan fingerprint density at radius 2 is 2.00 bits per heavy atom. The molecule has 1 aromatic rings. The van der Waals surface area contributed by atoms with Crippen molar-refractivity contribution in [3.05, 3.63) is 35.9 Å². The third-order valence-corrected chi connectivity index (χ3v) is 2.29. The van der Waals surface area contributed by atoms with Gasteiger partial charge < -0.3 is 5.11 Å². The average molecular weight is 192 g/mol. The van der Waals surface area contributed by atoms with Crippen molar-refractivity contribution in [3.8, 4) is 0 Å². The number of aryl methyl sites for hydroxylation is 1. The maximum Gasteiger partial charge on any atom is 0.303 e. The molecule has 2 nitrogen and oxygen atoms in total. The second-order valence-corrected chi connectivity index (χ2v) is 3.73. The number of carboxylic acid groups (broad SMARTS) is 1. The zero-order valence-corrected chi connectivity index (χ0v) is 8.44. The highest BCUT2D eigenvalue weighted by molar-refractivity contribution is 5.66. The lowest BCUT2D eigenvalue weighted by Crippen LogP contribution is -2.05. The number of carboxylic acids is 1. The van der Waals surface area contributed by atoms with Crippen molar-refractivity contribution in [2.75, 3.05) is 0 Å². The maximum atomic E-state index is 10.4. The highest BCUT2D eigenvalue weighted by Crippen LogP contribution is 2.12. The molecule has 1 rings (SSSR count). The van der Waals surface area contributed by atoms with Crippen LogP contribution in [0.3, 0.4) is 0 Å². The molecule has 1 unspecified atom stereocenters. The van der Waals surface area contributed by atoms with Gasteiger partial charge in [-0.1, -0.05) is 37.3 Å². The molecule has 0 fully saturated rings. The van der Waals surface area contributed by atoms with Crippen LogP contribution in [0.5, 0.6) is 0 Å². The Hall–Kier alpha value is -1.31. The Kier molecular flexibility index (Phi) is 4.17. The van der Waals surface area contributed by atoms with Crippen molar-refractivity contribution >= 4 is 5.97 Å². The zero-order valence-electron chi connectivity index (χ0n) is 8.44. The summed E-state index contributed by atoms with van der Waals surface area (Å²) in [5, 5.41) is 8.58. The van der Waals surface area contributed by atoms with Gasteiger partial charge in [-0.15, -0.1) is 0 Å². The van der Waals surface area contributed by atoms with E-state index in [4.69, 9.17) is 5.11 Å². The van der Waals surface area contributed by atoms with Crippen LogP contribution in [-0.2, 0) is 11.2 Å². The fourth-order valence-electron chi connectivity index (χ4n) is 1.46. The second kappa shape index (κ2) is 5.43. The zero-order chi connectivity index (χ0) is 10.4. The van der Waals surface area contributed by atoms with Crippen molar-refractivity contribution in [1.29, 1.82) is 0 Å². The highest BCUT2D eigenvalue weighted by Gasteiger charge is 2.07. The molecule has 2 heteroatoms. The molecule has 1 atom stereocenters. The van der Waals surface area contributed by atoms with E-state index in [-0.39, 0.29) is 12.3 Å². The molecule has 1 N–H and O–H groups in total. The minimum absolute atomic E-state index is 0.257. The summed E-state index contributed by atoms with van der Waals surface area (Å²) in [7, 11) is 0. The molecule has 0 spiro atoms. The van der Waals surface area contributed by atoms with E-state index in [1.165, 1.54) is 5.56 Å². The standard InChI is InChI=1S/C12H16O2/c1-10(9-12(13)14)7-8-11-5-3-2-4-6-11/h2-6,10H,7-9H2,1H3,(H,13,14). The van der Waals surface area contributed by atoms with Crippen LogP contribution in [0.4, 0.5) is 0 Å². The van der Waals surface area contributed by atoms with Crippen LogP contribution in [-0.4, -0.2) is 11.1 Å². The fraction of sp³-hybridized carbons (Fsp3) is 0.417. The average Bonchev–Trinajstić information content (AvgIpc) is 2.15. The van der Waals surface area contributed by atoms with E-state index in [1.54, 1.807) is 0 Å². The fourth-order valence-corrected chi connectivity index (χ4v) is 1.46. The molecule has 0 radical (unpaired) electrons. The van der Waals surface area contributed by atoms with Gasteiger partial charge in [0, 0.05) is 6.42 Å². The largest absolute Gasteiger partial charge is 0.481 e. The van der Waals surface area contributed by atoms with E-state index in [9.17, 15) is 4.79 Å².